The van der Waals surface area contributed by atoms with Crippen LogP contribution in [0, 0.1) is 21.8 Å². The number of carbonyl (C=O) groups is 1. The third-order valence-electron chi connectivity index (χ3n) is 3.96. The fourth-order valence-electron chi connectivity index (χ4n) is 2.80. The first-order valence-electron chi connectivity index (χ1n) is 7.32. The lowest BCUT2D eigenvalue weighted by Crippen LogP contribution is -2.34. The predicted molar refractivity (Wildman–Crippen MR) is 78.1 cm³/mol. The molecule has 2 rings (SSSR count). The van der Waals surface area contributed by atoms with Crippen molar-refractivity contribution in [1.29, 1.82) is 0 Å². The summed E-state index contributed by atoms with van der Waals surface area (Å²) in [5, 5.41) is 13.6. The summed E-state index contributed by atoms with van der Waals surface area (Å²) in [7, 11) is 1.57. The number of nitrogens with one attached hydrogen (secondary N) is 1. The van der Waals surface area contributed by atoms with Gasteiger partial charge < -0.3 is 10.1 Å². The summed E-state index contributed by atoms with van der Waals surface area (Å²) in [6.45, 7) is 0. The maximum absolute atomic E-state index is 13.4. The Balaban J connectivity index is 2.18. The Hall–Kier alpha value is -2.18. The summed E-state index contributed by atoms with van der Waals surface area (Å²) in [6, 6.07) is 3.17. The number of nitrogens with zero attached hydrogens (tertiary/aromatic N) is 1. The van der Waals surface area contributed by atoms with Crippen molar-refractivity contribution >= 4 is 11.6 Å². The van der Waals surface area contributed by atoms with Crippen molar-refractivity contribution < 1.29 is 18.8 Å². The standard InChI is InChI=1S/C15H19FN2O4/c1-17-15(19)8-10-4-2-3-5-13(10)22-14-9-11(16)6-7-12(14)18(20)21/h6-7,9-10,13H,2-5,8H2,1H3,(H,17,19)/t10-,13+/m0/s1. The second-order valence-corrected chi connectivity index (χ2v) is 5.45. The molecule has 0 saturated heterocycles. The highest BCUT2D eigenvalue weighted by Gasteiger charge is 2.30. The lowest BCUT2D eigenvalue weighted by molar-refractivity contribution is -0.386. The van der Waals surface area contributed by atoms with Crippen LogP contribution in [0.25, 0.3) is 0 Å². The van der Waals surface area contributed by atoms with E-state index in [1.807, 2.05) is 0 Å². The molecule has 22 heavy (non-hydrogen) atoms. The van der Waals surface area contributed by atoms with E-state index in [2.05, 4.69) is 5.32 Å². The molecule has 1 fully saturated rings. The van der Waals surface area contributed by atoms with E-state index < -0.39 is 10.7 Å². The molecule has 0 bridgehead atoms. The fraction of sp³-hybridized carbons (Fsp3) is 0.533. The molecular weight excluding hydrogens is 291 g/mol. The fourth-order valence-corrected chi connectivity index (χ4v) is 2.80. The zero-order chi connectivity index (χ0) is 16.1. The number of carbonyl (C=O) groups excluding carboxylic acids is 1. The average Bonchev–Trinajstić information content (AvgIpc) is 2.49. The summed E-state index contributed by atoms with van der Waals surface area (Å²) >= 11 is 0. The van der Waals surface area contributed by atoms with E-state index in [9.17, 15) is 19.3 Å². The maximum Gasteiger partial charge on any atom is 0.311 e. The van der Waals surface area contributed by atoms with Gasteiger partial charge in [-0.05, 0) is 25.3 Å². The monoisotopic (exact) mass is 310 g/mol. The van der Waals surface area contributed by atoms with Crippen LogP contribution in [0.5, 0.6) is 5.75 Å². The van der Waals surface area contributed by atoms with E-state index in [0.717, 1.165) is 37.5 Å². The summed E-state index contributed by atoms with van der Waals surface area (Å²) in [4.78, 5) is 22.0. The van der Waals surface area contributed by atoms with E-state index in [1.165, 1.54) is 0 Å². The van der Waals surface area contributed by atoms with Crippen LogP contribution >= 0.6 is 0 Å². The maximum atomic E-state index is 13.4. The first-order chi connectivity index (χ1) is 10.5. The highest BCUT2D eigenvalue weighted by atomic mass is 19.1. The van der Waals surface area contributed by atoms with Gasteiger partial charge in [0.2, 0.25) is 5.91 Å². The van der Waals surface area contributed by atoms with Gasteiger partial charge in [0, 0.05) is 31.5 Å². The van der Waals surface area contributed by atoms with Crippen molar-refractivity contribution in [3.05, 3.63) is 34.1 Å². The zero-order valence-electron chi connectivity index (χ0n) is 12.4. The van der Waals surface area contributed by atoms with Crippen LogP contribution in [-0.2, 0) is 4.79 Å². The Labute approximate surface area is 127 Å². The molecule has 6 nitrogen and oxygen atoms in total. The third kappa shape index (κ3) is 3.93. The van der Waals surface area contributed by atoms with Crippen molar-refractivity contribution in [2.24, 2.45) is 5.92 Å². The SMILES string of the molecule is CNC(=O)C[C@@H]1CCCC[C@H]1Oc1cc(F)ccc1[N+](=O)[O-]. The molecular formula is C15H19FN2O4. The number of halogens is 1. The predicted octanol–water partition coefficient (Wildman–Crippen LogP) is 2.81. The number of rotatable bonds is 5. The van der Waals surface area contributed by atoms with Crippen molar-refractivity contribution in [2.45, 2.75) is 38.2 Å². The number of amides is 1. The van der Waals surface area contributed by atoms with Crippen molar-refractivity contribution in [2.75, 3.05) is 7.05 Å². The van der Waals surface area contributed by atoms with Crippen molar-refractivity contribution in [1.82, 2.24) is 5.32 Å². The molecule has 1 amide bonds. The minimum absolute atomic E-state index is 0.0171. The van der Waals surface area contributed by atoms with E-state index in [-0.39, 0.29) is 29.4 Å². The number of nitro benzene ring substituents is 1. The zero-order valence-corrected chi connectivity index (χ0v) is 12.4. The Kier molecular flexibility index (Phi) is 5.30. The molecule has 1 aromatic rings. The summed E-state index contributed by atoms with van der Waals surface area (Å²) in [5.74, 6) is -0.760. The van der Waals surface area contributed by atoms with E-state index in [4.69, 9.17) is 4.74 Å². The highest BCUT2D eigenvalue weighted by molar-refractivity contribution is 5.75. The summed E-state index contributed by atoms with van der Waals surface area (Å²) in [5.41, 5.74) is -0.259. The normalized spacial score (nSPS) is 21.2. The summed E-state index contributed by atoms with van der Waals surface area (Å²) < 4.78 is 19.1. The largest absolute Gasteiger partial charge is 0.483 e. The van der Waals surface area contributed by atoms with Gasteiger partial charge in [-0.3, -0.25) is 14.9 Å². The molecule has 1 saturated carbocycles. The van der Waals surface area contributed by atoms with Crippen LogP contribution in [-0.4, -0.2) is 24.0 Å². The van der Waals surface area contributed by atoms with Gasteiger partial charge >= 0.3 is 5.69 Å². The molecule has 0 spiro atoms. The topological polar surface area (TPSA) is 81.5 Å². The molecule has 1 aromatic carbocycles. The van der Waals surface area contributed by atoms with Crippen LogP contribution in [0.4, 0.5) is 10.1 Å². The van der Waals surface area contributed by atoms with Crippen molar-refractivity contribution in [3.8, 4) is 5.75 Å². The Morgan fingerprint density at radius 3 is 2.86 bits per heavy atom. The molecule has 0 heterocycles. The first-order valence-corrected chi connectivity index (χ1v) is 7.32. The molecule has 0 radical (unpaired) electrons. The number of hydrogen-bond acceptors (Lipinski definition) is 4. The molecule has 1 N–H and O–H groups in total. The number of nitro groups is 1. The Morgan fingerprint density at radius 1 is 1.45 bits per heavy atom. The number of ether oxygens (including phenoxy) is 1. The van der Waals surface area contributed by atoms with E-state index >= 15 is 0 Å². The lowest BCUT2D eigenvalue weighted by Gasteiger charge is -2.31. The average molecular weight is 310 g/mol. The molecule has 0 unspecified atom stereocenters. The van der Waals surface area contributed by atoms with Crippen LogP contribution in [0.2, 0.25) is 0 Å². The van der Waals surface area contributed by atoms with Gasteiger partial charge in [0.15, 0.2) is 5.75 Å². The molecule has 1 aliphatic carbocycles. The summed E-state index contributed by atoms with van der Waals surface area (Å²) in [6.07, 6.45) is 3.44. The van der Waals surface area contributed by atoms with Gasteiger partial charge in [0.1, 0.15) is 11.9 Å². The van der Waals surface area contributed by atoms with Gasteiger partial charge in [-0.25, -0.2) is 4.39 Å². The number of hydrogen-bond donors (Lipinski definition) is 1. The van der Waals surface area contributed by atoms with E-state index in [0.29, 0.717) is 12.8 Å². The molecule has 120 valence electrons. The van der Waals surface area contributed by atoms with Gasteiger partial charge in [-0.15, -0.1) is 0 Å². The smallest absolute Gasteiger partial charge is 0.311 e. The molecule has 2 atom stereocenters. The van der Waals surface area contributed by atoms with Crippen molar-refractivity contribution in [3.63, 3.8) is 0 Å². The Morgan fingerprint density at radius 2 is 2.18 bits per heavy atom. The quantitative estimate of drug-likeness (QED) is 0.669. The van der Waals surface area contributed by atoms with Gasteiger partial charge in [-0.2, -0.15) is 0 Å². The second kappa shape index (κ2) is 7.20. The minimum Gasteiger partial charge on any atom is -0.483 e. The van der Waals surface area contributed by atoms with Gasteiger partial charge in [-0.1, -0.05) is 6.42 Å². The molecule has 7 heteroatoms. The minimum atomic E-state index is -0.592. The third-order valence-corrected chi connectivity index (χ3v) is 3.96. The van der Waals surface area contributed by atoms with Crippen LogP contribution in [0.15, 0.2) is 18.2 Å². The molecule has 0 aliphatic heterocycles. The first kappa shape index (κ1) is 16.2. The number of benzene rings is 1. The lowest BCUT2D eigenvalue weighted by atomic mass is 9.84. The Bertz CT molecular complexity index is 564. The van der Waals surface area contributed by atoms with Gasteiger partial charge in [0.25, 0.3) is 0 Å². The molecule has 1 aliphatic rings. The van der Waals surface area contributed by atoms with Crippen LogP contribution in [0.1, 0.15) is 32.1 Å². The molecule has 0 aromatic heterocycles. The van der Waals surface area contributed by atoms with Crippen LogP contribution < -0.4 is 10.1 Å². The van der Waals surface area contributed by atoms with Crippen LogP contribution in [0.3, 0.4) is 0 Å². The van der Waals surface area contributed by atoms with E-state index in [1.54, 1.807) is 7.05 Å². The van der Waals surface area contributed by atoms with Gasteiger partial charge in [0.05, 0.1) is 4.92 Å². The second-order valence-electron chi connectivity index (χ2n) is 5.45. The highest BCUT2D eigenvalue weighted by Crippen LogP contribution is 2.34.